The fourth-order valence-corrected chi connectivity index (χ4v) is 0.180. The van der Waals surface area contributed by atoms with Crippen LogP contribution in [0.4, 0.5) is 0 Å². The maximum Gasteiger partial charge on any atom is 0.636 e. The highest BCUT2D eigenvalue weighted by Gasteiger charge is 2.11. The third-order valence-corrected chi connectivity index (χ3v) is 0.463. The third kappa shape index (κ3) is 3.82. The Morgan fingerprint density at radius 1 is 1.62 bits per heavy atom. The number of rotatable bonds is 3. The molecule has 0 saturated heterocycles. The molecule has 1 atom stereocenters. The minimum atomic E-state index is -1.94. The lowest BCUT2D eigenvalue weighted by Gasteiger charge is -2.03. The van der Waals surface area contributed by atoms with E-state index >= 15 is 0 Å². The maximum atomic E-state index is 8.37. The van der Waals surface area contributed by atoms with Crippen LogP contribution in [0.5, 0.6) is 0 Å². The van der Waals surface area contributed by atoms with Gasteiger partial charge in [0.05, 0.1) is 0 Å². The average molecular weight is 118 g/mol. The van der Waals surface area contributed by atoms with Gasteiger partial charge in [-0.2, -0.15) is 0 Å². The zero-order chi connectivity index (χ0) is 6.57. The van der Waals surface area contributed by atoms with Gasteiger partial charge in [0.2, 0.25) is 0 Å². The molecule has 0 amide bonds. The van der Waals surface area contributed by atoms with Gasteiger partial charge in [-0.1, -0.05) is 6.58 Å². The molecule has 4 nitrogen and oxygen atoms in total. The van der Waals surface area contributed by atoms with Crippen molar-refractivity contribution in [3.8, 4) is 0 Å². The third-order valence-electron chi connectivity index (χ3n) is 0.463. The summed E-state index contributed by atoms with van der Waals surface area (Å²) in [6.07, 6.45) is -0.283. The normalized spacial score (nSPS) is 12.9. The van der Waals surface area contributed by atoms with Gasteiger partial charge in [-0.05, 0) is 6.08 Å². The topological polar surface area (TPSA) is 69.9 Å². The van der Waals surface area contributed by atoms with E-state index in [1.165, 1.54) is 0 Å². The van der Waals surface area contributed by atoms with E-state index in [1.54, 1.807) is 0 Å². The van der Waals surface area contributed by atoms with E-state index in [9.17, 15) is 0 Å². The lowest BCUT2D eigenvalue weighted by atomic mass is 10.2. The van der Waals surface area contributed by atoms with E-state index in [4.69, 9.17) is 15.2 Å². The Bertz CT molecular complexity index is 73.7. The molecule has 8 heavy (non-hydrogen) atoms. The summed E-state index contributed by atoms with van der Waals surface area (Å²) in [5.41, 5.74) is 0. The summed E-state index contributed by atoms with van der Waals surface area (Å²) in [6, 6.07) is 0. The van der Waals surface area contributed by atoms with Gasteiger partial charge in [0.25, 0.3) is 0 Å². The van der Waals surface area contributed by atoms with Crippen molar-refractivity contribution in [2.75, 3.05) is 0 Å². The molecule has 0 aromatic heterocycles. The first kappa shape index (κ1) is 7.64. The van der Waals surface area contributed by atoms with Gasteiger partial charge < -0.3 is 19.8 Å². The fraction of sp³-hybridized carbons (Fsp3) is 0.333. The fourth-order valence-electron chi connectivity index (χ4n) is 0.180. The summed E-state index contributed by atoms with van der Waals surface area (Å²) >= 11 is 0. The molecule has 3 N–H and O–H groups in total. The zero-order valence-corrected chi connectivity index (χ0v) is 4.19. The van der Waals surface area contributed by atoms with E-state index in [-0.39, 0.29) is 0 Å². The first-order valence-corrected chi connectivity index (χ1v) is 1.99. The molecule has 5 heteroatoms. The minimum absolute atomic E-state index is 1.03. The summed E-state index contributed by atoms with van der Waals surface area (Å²) in [6.45, 7) is 3.12. The quantitative estimate of drug-likeness (QED) is 0.239. The molecule has 0 aliphatic heterocycles. The largest absolute Gasteiger partial charge is 0.636 e. The van der Waals surface area contributed by atoms with Crippen LogP contribution in [0.15, 0.2) is 12.7 Å². The van der Waals surface area contributed by atoms with Gasteiger partial charge in [-0.25, -0.2) is 0 Å². The van der Waals surface area contributed by atoms with E-state index in [1.807, 2.05) is 0 Å². The zero-order valence-electron chi connectivity index (χ0n) is 4.19. The first-order chi connectivity index (χ1) is 3.66. The van der Waals surface area contributed by atoms with E-state index in [2.05, 4.69) is 11.2 Å². The van der Waals surface area contributed by atoms with E-state index in [0.29, 0.717) is 0 Å². The van der Waals surface area contributed by atoms with Crippen molar-refractivity contribution in [2.24, 2.45) is 0 Å². The number of aliphatic hydroxyl groups excluding tert-OH is 1. The Hall–Kier alpha value is -0.355. The molecule has 0 spiro atoms. The second-order valence-corrected chi connectivity index (χ2v) is 1.09. The molecule has 0 aromatic rings. The minimum Gasteiger partial charge on any atom is -0.402 e. The van der Waals surface area contributed by atoms with Gasteiger partial charge >= 0.3 is 7.32 Å². The van der Waals surface area contributed by atoms with Crippen LogP contribution in [0.25, 0.3) is 0 Å². The molecule has 0 fully saturated rings. The molecule has 46 valence electrons. The highest BCUT2D eigenvalue weighted by atomic mass is 16.7. The van der Waals surface area contributed by atoms with Crippen LogP contribution in [0.2, 0.25) is 0 Å². The van der Waals surface area contributed by atoms with Gasteiger partial charge in [0.1, 0.15) is 0 Å². The van der Waals surface area contributed by atoms with E-state index in [0.717, 1.165) is 6.08 Å². The molecule has 0 heterocycles. The predicted molar refractivity (Wildman–Crippen MR) is 27.5 cm³/mol. The van der Waals surface area contributed by atoms with Gasteiger partial charge in [0, 0.05) is 0 Å². The van der Waals surface area contributed by atoms with Crippen molar-refractivity contribution in [1.82, 2.24) is 0 Å². The average Bonchev–Trinajstić information content (AvgIpc) is 1.65. The molecular formula is C3H7BO4. The summed E-state index contributed by atoms with van der Waals surface area (Å²) in [5, 5.41) is 24.3. The molecule has 0 aliphatic rings. The van der Waals surface area contributed by atoms with Crippen molar-refractivity contribution in [3.63, 3.8) is 0 Å². The van der Waals surface area contributed by atoms with Crippen molar-refractivity contribution < 1.29 is 19.8 Å². The summed E-state index contributed by atoms with van der Waals surface area (Å²) in [4.78, 5) is 0. The van der Waals surface area contributed by atoms with Crippen LogP contribution in [0.3, 0.4) is 0 Å². The maximum absolute atomic E-state index is 8.37. The van der Waals surface area contributed by atoms with Crippen molar-refractivity contribution in [1.29, 1.82) is 0 Å². The molecule has 0 rings (SSSR count). The molecular weight excluding hydrogens is 111 g/mol. The molecule has 0 aromatic carbocycles. The Morgan fingerprint density at radius 3 is 2.25 bits per heavy atom. The van der Waals surface area contributed by atoms with Crippen LogP contribution in [0, 0.1) is 0 Å². The molecule has 0 bridgehead atoms. The lowest BCUT2D eigenvalue weighted by Crippen LogP contribution is -2.23. The predicted octanol–water partition coefficient (Wildman–Crippen LogP) is -1.52. The first-order valence-electron chi connectivity index (χ1n) is 1.99. The second-order valence-electron chi connectivity index (χ2n) is 1.09. The van der Waals surface area contributed by atoms with Crippen LogP contribution in [-0.2, 0) is 4.65 Å². The number of aliphatic hydroxyl groups is 1. The lowest BCUT2D eigenvalue weighted by molar-refractivity contribution is -0.0100. The number of hydrogen-bond donors (Lipinski definition) is 3. The highest BCUT2D eigenvalue weighted by Crippen LogP contribution is 1.85. The summed E-state index contributed by atoms with van der Waals surface area (Å²) in [7, 11) is -1.94. The SMILES string of the molecule is C=CC(O)OB(O)O. The monoisotopic (exact) mass is 118 g/mol. The standard InChI is InChI=1S/C3H7BO4/c1-2-3(5)8-4(6)7/h2-3,5-7H,1H2. The Balaban J connectivity index is 3.23. The molecule has 1 unspecified atom stereocenters. The van der Waals surface area contributed by atoms with Gasteiger partial charge in [-0.15, -0.1) is 0 Å². The van der Waals surface area contributed by atoms with Crippen LogP contribution in [0.1, 0.15) is 0 Å². The summed E-state index contributed by atoms with van der Waals surface area (Å²) in [5.74, 6) is 0. The van der Waals surface area contributed by atoms with Crippen molar-refractivity contribution in [2.45, 2.75) is 6.29 Å². The van der Waals surface area contributed by atoms with Crippen LogP contribution in [-0.4, -0.2) is 28.8 Å². The Morgan fingerprint density at radius 2 is 2.12 bits per heavy atom. The Labute approximate surface area is 47.2 Å². The van der Waals surface area contributed by atoms with Gasteiger partial charge in [-0.3, -0.25) is 0 Å². The highest BCUT2D eigenvalue weighted by molar-refractivity contribution is 6.32. The number of hydrogen-bond acceptors (Lipinski definition) is 4. The van der Waals surface area contributed by atoms with Gasteiger partial charge in [0.15, 0.2) is 6.29 Å². The smallest absolute Gasteiger partial charge is 0.402 e. The molecule has 0 saturated carbocycles. The summed E-state index contributed by atoms with van der Waals surface area (Å²) < 4.78 is 3.95. The molecule has 0 radical (unpaired) electrons. The van der Waals surface area contributed by atoms with Crippen molar-refractivity contribution >= 4 is 7.32 Å². The second kappa shape index (κ2) is 3.62. The van der Waals surface area contributed by atoms with Crippen LogP contribution >= 0.6 is 0 Å². The molecule has 0 aliphatic carbocycles. The van der Waals surface area contributed by atoms with Crippen LogP contribution < -0.4 is 0 Å². The van der Waals surface area contributed by atoms with Crippen molar-refractivity contribution in [3.05, 3.63) is 12.7 Å². The van der Waals surface area contributed by atoms with E-state index < -0.39 is 13.6 Å². The Kier molecular flexibility index (Phi) is 3.46.